The van der Waals surface area contributed by atoms with E-state index >= 15 is 0 Å². The van der Waals surface area contributed by atoms with Crippen LogP contribution in [0.3, 0.4) is 0 Å². The van der Waals surface area contributed by atoms with E-state index in [1.54, 1.807) is 6.92 Å². The molecule has 0 radical (unpaired) electrons. The van der Waals surface area contributed by atoms with Crippen molar-refractivity contribution in [1.29, 1.82) is 0 Å². The van der Waals surface area contributed by atoms with Gasteiger partial charge in [-0.3, -0.25) is 4.79 Å². The van der Waals surface area contributed by atoms with Crippen LogP contribution in [0.15, 0.2) is 0 Å². The van der Waals surface area contributed by atoms with Crippen LogP contribution in [0.4, 0.5) is 0 Å². The Morgan fingerprint density at radius 2 is 1.43 bits per heavy atom. The van der Waals surface area contributed by atoms with Gasteiger partial charge in [-0.2, -0.15) is 0 Å². The highest BCUT2D eigenvalue weighted by atomic mass is 16.7. The van der Waals surface area contributed by atoms with Gasteiger partial charge in [-0.15, -0.1) is 0 Å². The molecule has 0 spiro atoms. The summed E-state index contributed by atoms with van der Waals surface area (Å²) in [6.45, 7) is 3.34. The molecule has 0 aromatic carbocycles. The average molecular weight is 438 g/mol. The van der Waals surface area contributed by atoms with Crippen LogP contribution < -0.4 is 0 Å². The second-order valence-corrected chi connectivity index (χ2v) is 7.73. The summed E-state index contributed by atoms with van der Waals surface area (Å²) >= 11 is 0. The summed E-state index contributed by atoms with van der Waals surface area (Å²) in [6.07, 6.45) is -9.90. The lowest BCUT2D eigenvalue weighted by Crippen LogP contribution is -2.63. The zero-order chi connectivity index (χ0) is 22.4. The van der Waals surface area contributed by atoms with Crippen molar-refractivity contribution in [2.24, 2.45) is 0 Å². The van der Waals surface area contributed by atoms with E-state index in [9.17, 15) is 30.3 Å². The summed E-state index contributed by atoms with van der Waals surface area (Å²) in [5.74, 6) is -0.274. The van der Waals surface area contributed by atoms with E-state index in [2.05, 4.69) is 4.74 Å². The van der Waals surface area contributed by atoms with Gasteiger partial charge < -0.3 is 49.2 Å². The summed E-state index contributed by atoms with van der Waals surface area (Å²) < 4.78 is 26.6. The Kier molecular flexibility index (Phi) is 9.85. The van der Waals surface area contributed by atoms with E-state index in [4.69, 9.17) is 18.9 Å². The van der Waals surface area contributed by atoms with E-state index in [1.807, 2.05) is 0 Å². The zero-order valence-electron chi connectivity index (χ0n) is 17.5. The van der Waals surface area contributed by atoms with Crippen LogP contribution in [0.5, 0.6) is 0 Å². The molecule has 2 heterocycles. The molecule has 0 aliphatic carbocycles. The van der Waals surface area contributed by atoms with E-state index in [-0.39, 0.29) is 12.6 Å². The molecule has 0 aromatic heterocycles. The Morgan fingerprint density at radius 3 is 2.10 bits per heavy atom. The molecule has 0 amide bonds. The van der Waals surface area contributed by atoms with Crippen LogP contribution in [0.2, 0.25) is 0 Å². The fraction of sp³-hybridized carbons (Fsp3) is 0.947. The first-order valence-electron chi connectivity index (χ1n) is 10.2. The number of rotatable bonds is 9. The minimum absolute atomic E-state index is 0.253. The number of aliphatic hydroxyl groups excluding tert-OH is 5. The van der Waals surface area contributed by atoms with Gasteiger partial charge in [0, 0.05) is 13.0 Å². The molecule has 2 fully saturated rings. The number of ether oxygens (including phenoxy) is 5. The van der Waals surface area contributed by atoms with Crippen molar-refractivity contribution in [3.63, 3.8) is 0 Å². The highest BCUT2D eigenvalue weighted by Crippen LogP contribution is 2.29. The Balaban J connectivity index is 1.87. The number of hydrogen-bond donors (Lipinski definition) is 5. The minimum Gasteiger partial charge on any atom is -0.469 e. The van der Waals surface area contributed by atoms with Crippen LogP contribution >= 0.6 is 0 Å². The maximum absolute atomic E-state index is 11.1. The zero-order valence-corrected chi connectivity index (χ0v) is 17.5. The lowest BCUT2D eigenvalue weighted by Gasteiger charge is -2.45. The monoisotopic (exact) mass is 438 g/mol. The fourth-order valence-electron chi connectivity index (χ4n) is 3.43. The van der Waals surface area contributed by atoms with Gasteiger partial charge in [0.15, 0.2) is 12.6 Å². The molecule has 2 aliphatic heterocycles. The summed E-state index contributed by atoms with van der Waals surface area (Å²) in [7, 11) is 1.34. The molecule has 10 atom stereocenters. The van der Waals surface area contributed by atoms with Crippen LogP contribution in [0.1, 0.15) is 39.5 Å². The Morgan fingerprint density at radius 1 is 0.800 bits per heavy atom. The van der Waals surface area contributed by atoms with E-state index in [1.165, 1.54) is 14.0 Å². The number of carbonyl (C=O) groups is 1. The lowest BCUT2D eigenvalue weighted by molar-refractivity contribution is -0.354. The molecule has 30 heavy (non-hydrogen) atoms. The second kappa shape index (κ2) is 11.7. The Hall–Kier alpha value is -0.890. The third kappa shape index (κ3) is 6.31. The molecule has 0 bridgehead atoms. The van der Waals surface area contributed by atoms with E-state index in [0.717, 1.165) is 6.42 Å². The first-order valence-corrected chi connectivity index (χ1v) is 10.2. The molecule has 176 valence electrons. The first kappa shape index (κ1) is 25.4. The van der Waals surface area contributed by atoms with Crippen molar-refractivity contribution < 1.29 is 54.0 Å². The van der Waals surface area contributed by atoms with Gasteiger partial charge in [0.25, 0.3) is 0 Å². The SMILES string of the molecule is COC(=O)CCCCCO[C@H]1OC(C)[C@@H](O)[C@H](O[C@H]2OC(C)[C@@H](O)[C@H](O)C2O)C1O. The van der Waals surface area contributed by atoms with Crippen LogP contribution in [0.25, 0.3) is 0 Å². The van der Waals surface area contributed by atoms with Crippen molar-refractivity contribution in [3.8, 4) is 0 Å². The van der Waals surface area contributed by atoms with Crippen LogP contribution in [-0.2, 0) is 28.5 Å². The van der Waals surface area contributed by atoms with Gasteiger partial charge >= 0.3 is 5.97 Å². The molecule has 11 heteroatoms. The molecule has 2 rings (SSSR count). The summed E-state index contributed by atoms with van der Waals surface area (Å²) in [6, 6.07) is 0. The van der Waals surface area contributed by atoms with Gasteiger partial charge in [-0.05, 0) is 26.7 Å². The van der Waals surface area contributed by atoms with Crippen molar-refractivity contribution in [3.05, 3.63) is 0 Å². The highest BCUT2D eigenvalue weighted by molar-refractivity contribution is 5.68. The smallest absolute Gasteiger partial charge is 0.305 e. The molecule has 4 unspecified atom stereocenters. The lowest BCUT2D eigenvalue weighted by atomic mass is 9.97. The summed E-state index contributed by atoms with van der Waals surface area (Å²) in [4.78, 5) is 11.1. The van der Waals surface area contributed by atoms with Crippen molar-refractivity contribution in [2.75, 3.05) is 13.7 Å². The minimum atomic E-state index is -1.57. The van der Waals surface area contributed by atoms with E-state index in [0.29, 0.717) is 19.3 Å². The Labute approximate surface area is 175 Å². The van der Waals surface area contributed by atoms with Crippen LogP contribution in [-0.4, -0.2) is 107 Å². The molecule has 5 N–H and O–H groups in total. The Bertz CT molecular complexity index is 533. The highest BCUT2D eigenvalue weighted by Gasteiger charge is 2.49. The molecule has 0 saturated carbocycles. The second-order valence-electron chi connectivity index (χ2n) is 7.73. The number of aliphatic hydroxyl groups is 5. The topological polar surface area (TPSA) is 164 Å². The number of unbranched alkanes of at least 4 members (excludes halogenated alkanes) is 2. The summed E-state index contributed by atoms with van der Waals surface area (Å²) in [5, 5.41) is 50.8. The number of hydrogen-bond acceptors (Lipinski definition) is 11. The predicted octanol–water partition coefficient (Wildman–Crippen LogP) is -1.58. The number of methoxy groups -OCH3 is 1. The largest absolute Gasteiger partial charge is 0.469 e. The first-order chi connectivity index (χ1) is 14.2. The predicted molar refractivity (Wildman–Crippen MR) is 100 cm³/mol. The van der Waals surface area contributed by atoms with Gasteiger partial charge in [0.05, 0.1) is 19.3 Å². The third-order valence-electron chi connectivity index (χ3n) is 5.42. The van der Waals surface area contributed by atoms with Crippen LogP contribution in [0, 0.1) is 0 Å². The fourth-order valence-corrected chi connectivity index (χ4v) is 3.43. The summed E-state index contributed by atoms with van der Waals surface area (Å²) in [5.41, 5.74) is 0. The number of carbonyl (C=O) groups excluding carboxylic acids is 1. The normalized spacial score (nSPS) is 42.1. The maximum Gasteiger partial charge on any atom is 0.305 e. The number of esters is 1. The molecular formula is C19H34O11. The molecule has 11 nitrogen and oxygen atoms in total. The van der Waals surface area contributed by atoms with E-state index < -0.39 is 61.4 Å². The van der Waals surface area contributed by atoms with Crippen molar-refractivity contribution in [2.45, 2.75) is 101 Å². The van der Waals surface area contributed by atoms with Crippen molar-refractivity contribution in [1.82, 2.24) is 0 Å². The van der Waals surface area contributed by atoms with Crippen molar-refractivity contribution >= 4 is 5.97 Å². The molecule has 2 saturated heterocycles. The third-order valence-corrected chi connectivity index (χ3v) is 5.42. The van der Waals surface area contributed by atoms with Gasteiger partial charge in [0.1, 0.15) is 36.6 Å². The van der Waals surface area contributed by atoms with Gasteiger partial charge in [-0.25, -0.2) is 0 Å². The van der Waals surface area contributed by atoms with Gasteiger partial charge in [0.2, 0.25) is 0 Å². The standard InChI is InChI=1S/C19H34O11/c1-9-12(21)14(23)15(24)19(29-9)30-17-13(22)10(2)28-18(16(17)25)27-8-6-4-5-7-11(20)26-3/h9-10,12-19,21-25H,4-8H2,1-3H3/t9?,10?,12-,13-,14+,15?,16?,17+,18+,19-/m1/s1. The maximum atomic E-state index is 11.1. The van der Waals surface area contributed by atoms with Gasteiger partial charge in [-0.1, -0.05) is 6.42 Å². The molecule has 2 aliphatic rings. The average Bonchev–Trinajstić information content (AvgIpc) is 2.73. The molecule has 0 aromatic rings. The molecular weight excluding hydrogens is 404 g/mol. The quantitative estimate of drug-likeness (QED) is 0.208.